The summed E-state index contributed by atoms with van der Waals surface area (Å²) in [4.78, 5) is 9.07. The number of rotatable bonds is 6. The molecular weight excluding hydrogens is 466 g/mol. The lowest BCUT2D eigenvalue weighted by molar-refractivity contribution is -1.03. The summed E-state index contributed by atoms with van der Waals surface area (Å²) in [6, 6.07) is 30.9. The first-order valence-corrected chi connectivity index (χ1v) is 13.4. The monoisotopic (exact) mass is 497 g/mol. The van der Waals surface area contributed by atoms with E-state index >= 15 is 0 Å². The molecule has 3 N–H and O–H groups in total. The van der Waals surface area contributed by atoms with Crippen LogP contribution in [0.15, 0.2) is 91.3 Å². The number of aromatic nitrogens is 3. The lowest BCUT2D eigenvalue weighted by Gasteiger charge is -2.38. The highest BCUT2D eigenvalue weighted by Gasteiger charge is 2.38. The Labute approximate surface area is 215 Å². The van der Waals surface area contributed by atoms with Crippen LogP contribution in [0.1, 0.15) is 39.2 Å². The van der Waals surface area contributed by atoms with Crippen LogP contribution in [0.4, 0.5) is 0 Å². The molecule has 0 saturated carbocycles. The fraction of sp³-hybridized carbons (Fsp3) is 0.241. The molecule has 1 saturated heterocycles. The van der Waals surface area contributed by atoms with Gasteiger partial charge in [-0.1, -0.05) is 102 Å². The van der Waals surface area contributed by atoms with Crippen LogP contribution in [-0.4, -0.2) is 45.9 Å². The molecule has 7 heteroatoms. The minimum Gasteiger partial charge on any atom is -0.492 e. The van der Waals surface area contributed by atoms with E-state index in [9.17, 15) is 5.11 Å². The second kappa shape index (κ2) is 9.85. The maximum Gasteiger partial charge on any atom is 0.235 e. The summed E-state index contributed by atoms with van der Waals surface area (Å²) in [6.45, 7) is 6.23. The van der Waals surface area contributed by atoms with Crippen molar-refractivity contribution in [1.29, 1.82) is 0 Å². The standard InChI is InChI=1S/C29H29N5OS/c1-21-12-14-24(15-13-21)26(27-28(35)34-29(36-27)30-20-31-34)33-18-16-32(17-19-33)25(22-8-4-2-5-9-22)23-10-6-3-7-11-23/h2-15,20,25-26,35H,16-19H2,1H3/p+2/t26-/m0/s1. The predicted octanol–water partition coefficient (Wildman–Crippen LogP) is 2.47. The zero-order valence-electron chi connectivity index (χ0n) is 20.3. The van der Waals surface area contributed by atoms with Crippen LogP contribution >= 0.6 is 11.3 Å². The van der Waals surface area contributed by atoms with Crippen molar-refractivity contribution in [2.75, 3.05) is 26.2 Å². The van der Waals surface area contributed by atoms with Crippen molar-refractivity contribution < 1.29 is 14.9 Å². The van der Waals surface area contributed by atoms with Crippen molar-refractivity contribution >= 4 is 16.3 Å². The number of fused-ring (bicyclic) bond motifs is 1. The average molecular weight is 498 g/mol. The van der Waals surface area contributed by atoms with Gasteiger partial charge in [0, 0.05) is 16.7 Å². The van der Waals surface area contributed by atoms with Crippen LogP contribution in [0.25, 0.3) is 4.96 Å². The van der Waals surface area contributed by atoms with E-state index in [1.807, 2.05) is 0 Å². The van der Waals surface area contributed by atoms with E-state index in [-0.39, 0.29) is 11.9 Å². The van der Waals surface area contributed by atoms with Gasteiger partial charge < -0.3 is 14.9 Å². The number of piperazine rings is 1. The van der Waals surface area contributed by atoms with E-state index in [0.29, 0.717) is 6.04 Å². The van der Waals surface area contributed by atoms with E-state index in [1.165, 1.54) is 33.5 Å². The number of quaternary nitrogens is 2. The third kappa shape index (κ3) is 4.30. The first-order valence-electron chi connectivity index (χ1n) is 12.6. The topological polar surface area (TPSA) is 59.3 Å². The molecule has 182 valence electrons. The zero-order valence-corrected chi connectivity index (χ0v) is 21.2. The number of hydrogen-bond acceptors (Lipinski definition) is 4. The second-order valence-electron chi connectivity index (χ2n) is 9.66. The SMILES string of the molecule is Cc1ccc([C@@H](c2sc3ncnn3c2O)[NH+]2CC[NH+](C(c3ccccc3)c3ccccc3)CC2)cc1. The summed E-state index contributed by atoms with van der Waals surface area (Å²) >= 11 is 1.54. The fourth-order valence-corrected chi connectivity index (χ4v) is 6.75. The Hall–Kier alpha value is -3.52. The van der Waals surface area contributed by atoms with Gasteiger partial charge >= 0.3 is 0 Å². The molecule has 0 radical (unpaired) electrons. The molecule has 0 bridgehead atoms. The maximum absolute atomic E-state index is 11.1. The molecule has 5 aromatic rings. The highest BCUT2D eigenvalue weighted by Crippen LogP contribution is 2.34. The van der Waals surface area contributed by atoms with E-state index in [2.05, 4.69) is 102 Å². The maximum atomic E-state index is 11.1. The highest BCUT2D eigenvalue weighted by atomic mass is 32.1. The van der Waals surface area contributed by atoms with Crippen LogP contribution in [0.5, 0.6) is 5.88 Å². The summed E-state index contributed by atoms with van der Waals surface area (Å²) in [5.41, 5.74) is 5.18. The minimum absolute atomic E-state index is 0.0487. The van der Waals surface area contributed by atoms with Crippen molar-refractivity contribution in [2.24, 2.45) is 0 Å². The molecule has 0 aliphatic carbocycles. The van der Waals surface area contributed by atoms with Crippen LogP contribution in [0.2, 0.25) is 0 Å². The number of hydrogen-bond donors (Lipinski definition) is 3. The van der Waals surface area contributed by atoms with Crippen LogP contribution in [0, 0.1) is 6.92 Å². The average Bonchev–Trinajstić information content (AvgIpc) is 3.51. The minimum atomic E-state index is 0.0487. The fourth-order valence-electron chi connectivity index (χ4n) is 5.64. The first kappa shape index (κ1) is 22.9. The van der Waals surface area contributed by atoms with Gasteiger partial charge in [-0.3, -0.25) is 0 Å². The van der Waals surface area contributed by atoms with E-state index < -0.39 is 0 Å². The number of aromatic hydroxyl groups is 1. The number of benzene rings is 3. The number of thiazole rings is 1. The predicted molar refractivity (Wildman–Crippen MR) is 142 cm³/mol. The molecule has 1 aliphatic rings. The third-order valence-corrected chi connectivity index (χ3v) is 8.53. The molecule has 0 amide bonds. The summed E-state index contributed by atoms with van der Waals surface area (Å²) in [7, 11) is 0. The number of aryl methyl sites for hydroxylation is 1. The van der Waals surface area contributed by atoms with E-state index in [0.717, 1.165) is 36.0 Å². The normalized spacial score (nSPS) is 19.1. The number of nitrogens with one attached hydrogen (secondary N) is 2. The van der Waals surface area contributed by atoms with E-state index in [1.54, 1.807) is 20.8 Å². The molecule has 6 nitrogen and oxygen atoms in total. The Morgan fingerprint density at radius 2 is 1.28 bits per heavy atom. The summed E-state index contributed by atoms with van der Waals surface area (Å²) in [5.74, 6) is 0.215. The van der Waals surface area contributed by atoms with Crippen molar-refractivity contribution in [3.05, 3.63) is 118 Å². The summed E-state index contributed by atoms with van der Waals surface area (Å²) in [6.07, 6.45) is 1.50. The molecule has 6 rings (SSSR count). The van der Waals surface area contributed by atoms with E-state index in [4.69, 9.17) is 0 Å². The zero-order chi connectivity index (χ0) is 24.5. The van der Waals surface area contributed by atoms with Gasteiger partial charge in [-0.05, 0) is 6.92 Å². The van der Waals surface area contributed by atoms with Crippen molar-refractivity contribution in [2.45, 2.75) is 19.0 Å². The Morgan fingerprint density at radius 3 is 1.83 bits per heavy atom. The van der Waals surface area contributed by atoms with Gasteiger partial charge in [-0.25, -0.2) is 4.98 Å². The molecule has 0 unspecified atom stereocenters. The van der Waals surface area contributed by atoms with Gasteiger partial charge in [0.15, 0.2) is 6.04 Å². The molecule has 36 heavy (non-hydrogen) atoms. The molecular formula is C29H31N5OS+2. The lowest BCUT2D eigenvalue weighted by Crippen LogP contribution is -3.28. The first-order chi connectivity index (χ1) is 17.7. The molecule has 3 heterocycles. The quantitative estimate of drug-likeness (QED) is 0.338. The Balaban J connectivity index is 1.31. The Morgan fingerprint density at radius 1 is 0.750 bits per heavy atom. The van der Waals surface area contributed by atoms with Crippen molar-refractivity contribution in [1.82, 2.24) is 14.6 Å². The van der Waals surface area contributed by atoms with Crippen LogP contribution in [0.3, 0.4) is 0 Å². The van der Waals surface area contributed by atoms with Crippen molar-refractivity contribution in [3.63, 3.8) is 0 Å². The molecule has 0 spiro atoms. The number of nitrogens with zero attached hydrogens (tertiary/aromatic N) is 3. The largest absolute Gasteiger partial charge is 0.492 e. The summed E-state index contributed by atoms with van der Waals surface area (Å²) < 4.78 is 1.56. The van der Waals surface area contributed by atoms with Gasteiger partial charge in [0.1, 0.15) is 43.4 Å². The smallest absolute Gasteiger partial charge is 0.235 e. The van der Waals surface area contributed by atoms with Gasteiger partial charge in [0.2, 0.25) is 10.8 Å². The van der Waals surface area contributed by atoms with Crippen molar-refractivity contribution in [3.8, 4) is 5.88 Å². The molecule has 2 aromatic heterocycles. The van der Waals surface area contributed by atoms with Gasteiger partial charge in [-0.15, -0.1) is 0 Å². The Kier molecular flexibility index (Phi) is 6.27. The second-order valence-corrected chi connectivity index (χ2v) is 10.7. The van der Waals surface area contributed by atoms with Gasteiger partial charge in [-0.2, -0.15) is 9.61 Å². The molecule has 1 aliphatic heterocycles. The lowest BCUT2D eigenvalue weighted by atomic mass is 9.96. The van der Waals surface area contributed by atoms with Crippen LogP contribution in [-0.2, 0) is 0 Å². The molecule has 3 aromatic carbocycles. The van der Waals surface area contributed by atoms with Gasteiger partial charge in [0.05, 0.1) is 0 Å². The Bertz CT molecular complexity index is 1380. The van der Waals surface area contributed by atoms with Gasteiger partial charge in [0.25, 0.3) is 0 Å². The third-order valence-electron chi connectivity index (χ3n) is 7.43. The molecule has 1 atom stereocenters. The molecule has 1 fully saturated rings. The van der Waals surface area contributed by atoms with Crippen LogP contribution < -0.4 is 9.80 Å². The highest BCUT2D eigenvalue weighted by molar-refractivity contribution is 7.17. The summed E-state index contributed by atoms with van der Waals surface area (Å²) in [5, 5.41) is 15.3.